The number of unbranched alkanes of at least 4 members (excludes halogenated alkanes) is 1. The van der Waals surface area contributed by atoms with Crippen molar-refractivity contribution >= 4 is 12.6 Å². The maximum Gasteiger partial charge on any atom is -0.0255 e. The van der Waals surface area contributed by atoms with Crippen LogP contribution in [0.3, 0.4) is 0 Å². The third-order valence-corrected chi connectivity index (χ3v) is 1.89. The molecule has 0 rings (SSSR count). The van der Waals surface area contributed by atoms with E-state index in [2.05, 4.69) is 32.2 Å². The standard InChI is InChI=1S/C10H18S/c1-4-9(2)7-5-6-8-10(3)11/h4,8-9,11H,1,5-7H2,2-3H3/b10-8-. The van der Waals surface area contributed by atoms with Crippen LogP contribution in [0.1, 0.15) is 33.1 Å². The van der Waals surface area contributed by atoms with E-state index in [1.807, 2.05) is 13.0 Å². The Kier molecular flexibility index (Phi) is 6.43. The van der Waals surface area contributed by atoms with Crippen molar-refractivity contribution in [1.82, 2.24) is 0 Å². The summed E-state index contributed by atoms with van der Waals surface area (Å²) in [5, 5.41) is 0. The second-order valence-corrected chi connectivity index (χ2v) is 3.69. The molecule has 0 fully saturated rings. The molecule has 1 atom stereocenters. The first-order chi connectivity index (χ1) is 5.16. The van der Waals surface area contributed by atoms with Crippen molar-refractivity contribution in [2.24, 2.45) is 5.92 Å². The summed E-state index contributed by atoms with van der Waals surface area (Å²) in [5.74, 6) is 0.656. The Morgan fingerprint density at radius 1 is 1.64 bits per heavy atom. The number of hydrogen-bond donors (Lipinski definition) is 1. The van der Waals surface area contributed by atoms with Crippen LogP contribution in [0.15, 0.2) is 23.6 Å². The van der Waals surface area contributed by atoms with E-state index in [-0.39, 0.29) is 0 Å². The van der Waals surface area contributed by atoms with Gasteiger partial charge in [-0.15, -0.1) is 19.2 Å². The highest BCUT2D eigenvalue weighted by atomic mass is 32.1. The van der Waals surface area contributed by atoms with E-state index in [4.69, 9.17) is 0 Å². The summed E-state index contributed by atoms with van der Waals surface area (Å²) >= 11 is 4.19. The summed E-state index contributed by atoms with van der Waals surface area (Å²) in [5.41, 5.74) is 0. The van der Waals surface area contributed by atoms with E-state index in [9.17, 15) is 0 Å². The van der Waals surface area contributed by atoms with Gasteiger partial charge in [-0.25, -0.2) is 0 Å². The molecule has 0 aliphatic rings. The van der Waals surface area contributed by atoms with Crippen molar-refractivity contribution in [3.05, 3.63) is 23.6 Å². The van der Waals surface area contributed by atoms with Crippen molar-refractivity contribution in [1.29, 1.82) is 0 Å². The quantitative estimate of drug-likeness (QED) is 0.362. The smallest absolute Gasteiger partial charge is 0.0255 e. The van der Waals surface area contributed by atoms with Gasteiger partial charge in [0.1, 0.15) is 0 Å². The lowest BCUT2D eigenvalue weighted by atomic mass is 10.0. The van der Waals surface area contributed by atoms with Gasteiger partial charge >= 0.3 is 0 Å². The molecular weight excluding hydrogens is 152 g/mol. The summed E-state index contributed by atoms with van der Waals surface area (Å²) < 4.78 is 0. The molecule has 64 valence electrons. The van der Waals surface area contributed by atoms with Crippen LogP contribution in [-0.4, -0.2) is 0 Å². The van der Waals surface area contributed by atoms with E-state index >= 15 is 0 Å². The predicted octanol–water partition coefficient (Wildman–Crippen LogP) is 3.81. The lowest BCUT2D eigenvalue weighted by Gasteiger charge is -2.02. The first kappa shape index (κ1) is 10.8. The Morgan fingerprint density at radius 3 is 2.73 bits per heavy atom. The predicted molar refractivity (Wildman–Crippen MR) is 56.0 cm³/mol. The average Bonchev–Trinajstić information content (AvgIpc) is 1.97. The Hall–Kier alpha value is -0.170. The van der Waals surface area contributed by atoms with Crippen LogP contribution in [0.2, 0.25) is 0 Å². The number of thiol groups is 1. The monoisotopic (exact) mass is 170 g/mol. The fourth-order valence-electron chi connectivity index (χ4n) is 0.869. The fraction of sp³-hybridized carbons (Fsp3) is 0.600. The van der Waals surface area contributed by atoms with Crippen LogP contribution < -0.4 is 0 Å². The second kappa shape index (κ2) is 6.53. The van der Waals surface area contributed by atoms with Crippen molar-refractivity contribution in [2.75, 3.05) is 0 Å². The molecule has 0 saturated heterocycles. The Balaban J connectivity index is 3.28. The molecule has 0 saturated carbocycles. The van der Waals surface area contributed by atoms with E-state index < -0.39 is 0 Å². The molecule has 0 aromatic carbocycles. The summed E-state index contributed by atoms with van der Waals surface area (Å²) in [6.07, 6.45) is 7.80. The molecule has 11 heavy (non-hydrogen) atoms. The van der Waals surface area contributed by atoms with Gasteiger partial charge in [0, 0.05) is 0 Å². The van der Waals surface area contributed by atoms with Gasteiger partial charge in [-0.2, -0.15) is 0 Å². The average molecular weight is 170 g/mol. The van der Waals surface area contributed by atoms with Crippen molar-refractivity contribution in [2.45, 2.75) is 33.1 Å². The normalized spacial score (nSPS) is 14.6. The minimum atomic E-state index is 0.656. The third kappa shape index (κ3) is 7.73. The molecule has 0 aliphatic carbocycles. The molecule has 0 aromatic heterocycles. The van der Waals surface area contributed by atoms with Crippen LogP contribution in [0.5, 0.6) is 0 Å². The lowest BCUT2D eigenvalue weighted by Crippen LogP contribution is -1.87. The Bertz CT molecular complexity index is 132. The molecule has 0 bridgehead atoms. The molecule has 0 N–H and O–H groups in total. The van der Waals surface area contributed by atoms with Crippen LogP contribution >= 0.6 is 12.6 Å². The van der Waals surface area contributed by atoms with Gasteiger partial charge in [-0.1, -0.05) is 19.1 Å². The van der Waals surface area contributed by atoms with Crippen molar-refractivity contribution in [3.63, 3.8) is 0 Å². The fourth-order valence-corrected chi connectivity index (χ4v) is 0.998. The molecule has 1 heteroatoms. The van der Waals surface area contributed by atoms with E-state index in [1.54, 1.807) is 0 Å². The largest absolute Gasteiger partial charge is 0.149 e. The van der Waals surface area contributed by atoms with E-state index in [0.29, 0.717) is 5.92 Å². The highest BCUT2D eigenvalue weighted by molar-refractivity contribution is 7.84. The topological polar surface area (TPSA) is 0 Å². The van der Waals surface area contributed by atoms with Gasteiger partial charge in [0.2, 0.25) is 0 Å². The first-order valence-electron chi connectivity index (χ1n) is 4.15. The highest BCUT2D eigenvalue weighted by Crippen LogP contribution is 2.10. The summed E-state index contributed by atoms with van der Waals surface area (Å²) in [6, 6.07) is 0. The molecule has 0 radical (unpaired) electrons. The second-order valence-electron chi connectivity index (χ2n) is 2.99. The summed E-state index contributed by atoms with van der Waals surface area (Å²) in [4.78, 5) is 1.12. The minimum absolute atomic E-state index is 0.656. The SMILES string of the molecule is C=CC(C)CCC/C=C(/C)S. The number of allylic oxidation sites excluding steroid dienone is 3. The van der Waals surface area contributed by atoms with Crippen molar-refractivity contribution in [3.8, 4) is 0 Å². The lowest BCUT2D eigenvalue weighted by molar-refractivity contribution is 0.613. The van der Waals surface area contributed by atoms with Gasteiger partial charge in [0.25, 0.3) is 0 Å². The maximum absolute atomic E-state index is 4.19. The third-order valence-electron chi connectivity index (χ3n) is 1.71. The maximum atomic E-state index is 4.19. The van der Waals surface area contributed by atoms with E-state index in [0.717, 1.165) is 11.3 Å². The van der Waals surface area contributed by atoms with Gasteiger partial charge in [-0.3, -0.25) is 0 Å². The number of hydrogen-bond acceptors (Lipinski definition) is 1. The molecule has 0 heterocycles. The molecule has 0 spiro atoms. The van der Waals surface area contributed by atoms with Crippen LogP contribution in [-0.2, 0) is 0 Å². The van der Waals surface area contributed by atoms with Crippen LogP contribution in [0.4, 0.5) is 0 Å². The van der Waals surface area contributed by atoms with E-state index in [1.165, 1.54) is 12.8 Å². The summed E-state index contributed by atoms with van der Waals surface area (Å²) in [7, 11) is 0. The Morgan fingerprint density at radius 2 is 2.27 bits per heavy atom. The minimum Gasteiger partial charge on any atom is -0.149 e. The highest BCUT2D eigenvalue weighted by Gasteiger charge is 1.93. The number of rotatable bonds is 5. The van der Waals surface area contributed by atoms with Crippen LogP contribution in [0, 0.1) is 5.92 Å². The molecule has 0 amide bonds. The van der Waals surface area contributed by atoms with Crippen LogP contribution in [0.25, 0.3) is 0 Å². The molecule has 0 aromatic rings. The molecular formula is C10H18S. The van der Waals surface area contributed by atoms with Gasteiger partial charge in [-0.05, 0) is 37.0 Å². The first-order valence-corrected chi connectivity index (χ1v) is 4.59. The molecule has 0 aliphatic heterocycles. The van der Waals surface area contributed by atoms with Gasteiger partial charge < -0.3 is 0 Å². The van der Waals surface area contributed by atoms with Gasteiger partial charge in [0.05, 0.1) is 0 Å². The zero-order chi connectivity index (χ0) is 8.69. The summed E-state index contributed by atoms with van der Waals surface area (Å²) in [6.45, 7) is 7.96. The molecule has 0 nitrogen and oxygen atoms in total. The van der Waals surface area contributed by atoms with Gasteiger partial charge in [0.15, 0.2) is 0 Å². The zero-order valence-corrected chi connectivity index (χ0v) is 8.40. The van der Waals surface area contributed by atoms with Crippen molar-refractivity contribution < 1.29 is 0 Å². The zero-order valence-electron chi connectivity index (χ0n) is 7.51. The molecule has 1 unspecified atom stereocenters. The Labute approximate surface area is 75.8 Å².